The predicted molar refractivity (Wildman–Crippen MR) is 68.7 cm³/mol. The van der Waals surface area contributed by atoms with Gasteiger partial charge < -0.3 is 29.4 Å². The summed E-state index contributed by atoms with van der Waals surface area (Å²) < 4.78 is 21.7. The van der Waals surface area contributed by atoms with Gasteiger partial charge in [-0.15, -0.1) is 0 Å². The molecule has 0 saturated heterocycles. The Bertz CT molecular complexity index is 249. The molecule has 120 valence electrons. The standard InChI is InChI=1S/C6H14O2S.2H3O4P/c1-5(2)4-6(3)9-8-7;2*1-5(2,3)4/h5-7H,4H2,1-3H3;2*(H3,1,2,3,4). The SMILES string of the molecule is CC(C)CC(C)SOO.O=P(O)(O)O.O=P(O)(O)O. The third kappa shape index (κ3) is 89.6. The molecular weight excluding hydrogens is 326 g/mol. The first-order valence-corrected chi connectivity index (χ1v) is 8.63. The Morgan fingerprint density at radius 1 is 0.947 bits per heavy atom. The van der Waals surface area contributed by atoms with E-state index in [2.05, 4.69) is 18.2 Å². The molecular formula is C6H20O10P2S. The minimum absolute atomic E-state index is 0.384. The first-order valence-electron chi connectivity index (χ1n) is 4.70. The van der Waals surface area contributed by atoms with Gasteiger partial charge in [-0.05, 0) is 12.3 Å². The van der Waals surface area contributed by atoms with Crippen LogP contribution in [0.3, 0.4) is 0 Å². The molecule has 1 atom stereocenters. The molecule has 7 N–H and O–H groups in total. The summed E-state index contributed by atoms with van der Waals surface area (Å²) in [7, 11) is -9.28. The van der Waals surface area contributed by atoms with Gasteiger partial charge in [0.2, 0.25) is 0 Å². The molecule has 0 aromatic carbocycles. The Labute approximate surface area is 115 Å². The summed E-state index contributed by atoms with van der Waals surface area (Å²) in [4.78, 5) is 43.1. The van der Waals surface area contributed by atoms with E-state index in [1.807, 2.05) is 6.92 Å². The van der Waals surface area contributed by atoms with Crippen LogP contribution in [0.2, 0.25) is 0 Å². The predicted octanol–water partition coefficient (Wildman–Crippen LogP) is 0.702. The first kappa shape index (κ1) is 24.5. The van der Waals surface area contributed by atoms with Gasteiger partial charge in [0.15, 0.2) is 0 Å². The zero-order valence-corrected chi connectivity index (χ0v) is 13.1. The van der Waals surface area contributed by atoms with Crippen LogP contribution in [0.1, 0.15) is 27.2 Å². The number of phosphoric acid groups is 2. The maximum Gasteiger partial charge on any atom is 0.466 e. The maximum atomic E-state index is 8.88. The van der Waals surface area contributed by atoms with Gasteiger partial charge in [0.25, 0.3) is 0 Å². The van der Waals surface area contributed by atoms with E-state index in [0.717, 1.165) is 18.5 Å². The largest absolute Gasteiger partial charge is 0.466 e. The van der Waals surface area contributed by atoms with Gasteiger partial charge in [0.05, 0.1) is 0 Å². The van der Waals surface area contributed by atoms with Crippen LogP contribution in [0.15, 0.2) is 0 Å². The molecule has 0 aromatic heterocycles. The fraction of sp³-hybridized carbons (Fsp3) is 1.00. The average molecular weight is 346 g/mol. The van der Waals surface area contributed by atoms with Crippen LogP contribution in [0.4, 0.5) is 0 Å². The highest BCUT2D eigenvalue weighted by Gasteiger charge is 2.05. The van der Waals surface area contributed by atoms with Crippen molar-refractivity contribution >= 4 is 27.7 Å². The smallest absolute Gasteiger partial charge is 0.303 e. The minimum atomic E-state index is -4.64. The first-order chi connectivity index (χ1) is 8.16. The molecule has 0 rings (SSSR count). The summed E-state index contributed by atoms with van der Waals surface area (Å²) in [5, 5.41) is 8.40. The van der Waals surface area contributed by atoms with Crippen molar-refractivity contribution in [1.82, 2.24) is 0 Å². The van der Waals surface area contributed by atoms with Crippen LogP contribution in [-0.2, 0) is 13.5 Å². The van der Waals surface area contributed by atoms with Crippen molar-refractivity contribution in [2.45, 2.75) is 32.4 Å². The molecule has 0 aliphatic carbocycles. The second-order valence-electron chi connectivity index (χ2n) is 3.64. The molecule has 0 fully saturated rings. The summed E-state index contributed by atoms with van der Waals surface area (Å²) in [6, 6.07) is 0. The van der Waals surface area contributed by atoms with Crippen molar-refractivity contribution < 1.29 is 48.1 Å². The molecule has 0 radical (unpaired) electrons. The van der Waals surface area contributed by atoms with Crippen molar-refractivity contribution in [1.29, 1.82) is 0 Å². The Hall–Kier alpha value is 0.490. The average Bonchev–Trinajstić information content (AvgIpc) is 1.94. The van der Waals surface area contributed by atoms with Crippen molar-refractivity contribution in [3.63, 3.8) is 0 Å². The number of hydrogen-bond acceptors (Lipinski definition) is 5. The monoisotopic (exact) mass is 346 g/mol. The van der Waals surface area contributed by atoms with Gasteiger partial charge in [-0.1, -0.05) is 20.8 Å². The van der Waals surface area contributed by atoms with Gasteiger partial charge in [-0.3, -0.25) is 0 Å². The highest BCUT2D eigenvalue weighted by atomic mass is 32.2. The topological polar surface area (TPSA) is 185 Å². The molecule has 0 heterocycles. The fourth-order valence-corrected chi connectivity index (χ4v) is 1.39. The Balaban J connectivity index is -0.000000219. The van der Waals surface area contributed by atoms with Crippen molar-refractivity contribution in [2.24, 2.45) is 5.92 Å². The molecule has 0 aromatic rings. The van der Waals surface area contributed by atoms with Crippen molar-refractivity contribution in [3.8, 4) is 0 Å². The van der Waals surface area contributed by atoms with E-state index in [4.69, 9.17) is 43.7 Å². The van der Waals surface area contributed by atoms with Gasteiger partial charge in [0.1, 0.15) is 0 Å². The van der Waals surface area contributed by atoms with E-state index in [1.165, 1.54) is 0 Å². The lowest BCUT2D eigenvalue weighted by Crippen LogP contribution is -2.01. The van der Waals surface area contributed by atoms with Crippen molar-refractivity contribution in [2.75, 3.05) is 0 Å². The van der Waals surface area contributed by atoms with Gasteiger partial charge in [0, 0.05) is 17.3 Å². The van der Waals surface area contributed by atoms with Crippen LogP contribution in [0.25, 0.3) is 0 Å². The molecule has 0 saturated carbocycles. The Morgan fingerprint density at radius 3 is 1.37 bits per heavy atom. The third-order valence-corrected chi connectivity index (χ3v) is 1.62. The molecule has 13 heteroatoms. The van der Waals surface area contributed by atoms with E-state index in [9.17, 15) is 0 Å². The van der Waals surface area contributed by atoms with Gasteiger partial charge >= 0.3 is 15.6 Å². The summed E-state index contributed by atoms with van der Waals surface area (Å²) in [6.07, 6.45) is 1.07. The van der Waals surface area contributed by atoms with E-state index >= 15 is 0 Å². The van der Waals surface area contributed by atoms with Crippen LogP contribution in [0, 0.1) is 5.92 Å². The summed E-state index contributed by atoms with van der Waals surface area (Å²) in [5.41, 5.74) is 0. The minimum Gasteiger partial charge on any atom is -0.303 e. The zero-order valence-electron chi connectivity index (χ0n) is 10.5. The highest BCUT2D eigenvalue weighted by molar-refractivity contribution is 7.95. The lowest BCUT2D eigenvalue weighted by molar-refractivity contribution is -0.117. The van der Waals surface area contributed by atoms with Crippen LogP contribution in [0.5, 0.6) is 0 Å². The van der Waals surface area contributed by atoms with E-state index in [0.29, 0.717) is 11.2 Å². The lowest BCUT2D eigenvalue weighted by Gasteiger charge is -2.09. The van der Waals surface area contributed by atoms with Crippen molar-refractivity contribution in [3.05, 3.63) is 0 Å². The Kier molecular flexibility index (Phi) is 15.8. The molecule has 0 amide bonds. The quantitative estimate of drug-likeness (QED) is 0.164. The molecule has 0 spiro atoms. The normalized spacial score (nSPS) is 13.0. The molecule has 0 aliphatic rings. The summed E-state index contributed by atoms with van der Waals surface area (Å²) >= 11 is 1.12. The van der Waals surface area contributed by atoms with Crippen LogP contribution >= 0.6 is 27.7 Å². The molecule has 0 aliphatic heterocycles. The zero-order chi connectivity index (χ0) is 16.3. The van der Waals surface area contributed by atoms with Gasteiger partial charge in [-0.25, -0.2) is 14.4 Å². The molecule has 1 unspecified atom stereocenters. The fourth-order valence-electron chi connectivity index (χ4n) is 0.777. The summed E-state index contributed by atoms with van der Waals surface area (Å²) in [5.74, 6) is 0.669. The molecule has 0 bridgehead atoms. The number of hydrogen-bond donors (Lipinski definition) is 7. The summed E-state index contributed by atoms with van der Waals surface area (Å²) in [6.45, 7) is 6.32. The molecule has 10 nitrogen and oxygen atoms in total. The Morgan fingerprint density at radius 2 is 1.21 bits per heavy atom. The van der Waals surface area contributed by atoms with Crippen LogP contribution < -0.4 is 0 Å². The van der Waals surface area contributed by atoms with Gasteiger partial charge in [-0.2, -0.15) is 4.33 Å². The molecule has 19 heavy (non-hydrogen) atoms. The number of rotatable bonds is 4. The van der Waals surface area contributed by atoms with E-state index < -0.39 is 15.6 Å². The third-order valence-electron chi connectivity index (χ3n) is 1.01. The lowest BCUT2D eigenvalue weighted by atomic mass is 10.1. The van der Waals surface area contributed by atoms with E-state index in [-0.39, 0.29) is 0 Å². The van der Waals surface area contributed by atoms with Crippen LogP contribution in [-0.4, -0.2) is 39.9 Å². The maximum absolute atomic E-state index is 8.88. The highest BCUT2D eigenvalue weighted by Crippen LogP contribution is 2.26. The van der Waals surface area contributed by atoms with E-state index in [1.54, 1.807) is 0 Å². The second-order valence-corrected chi connectivity index (χ2v) is 6.84. The second kappa shape index (κ2) is 12.2.